The van der Waals surface area contributed by atoms with Gasteiger partial charge >= 0.3 is 0 Å². The summed E-state index contributed by atoms with van der Waals surface area (Å²) < 4.78 is 4.79. The molecule has 0 amide bonds. The van der Waals surface area contributed by atoms with Gasteiger partial charge in [0.15, 0.2) is 0 Å². The van der Waals surface area contributed by atoms with Crippen LogP contribution in [0.15, 0.2) is 24.5 Å². The summed E-state index contributed by atoms with van der Waals surface area (Å²) in [5.74, 6) is 0. The molecule has 0 aliphatic heterocycles. The Morgan fingerprint density at radius 3 is 3.20 bits per heavy atom. The van der Waals surface area contributed by atoms with Crippen LogP contribution in [-0.2, 0) is 11.2 Å². The van der Waals surface area contributed by atoms with Crippen molar-refractivity contribution in [3.05, 3.63) is 36.7 Å². The van der Waals surface area contributed by atoms with Crippen molar-refractivity contribution in [1.29, 1.82) is 0 Å². The number of rotatable bonds is 3. The zero-order valence-electron chi connectivity index (χ0n) is 5.95. The summed E-state index contributed by atoms with van der Waals surface area (Å²) >= 11 is 0. The molecule has 0 bridgehead atoms. The highest BCUT2D eigenvalue weighted by atomic mass is 16.5. The first kappa shape index (κ1) is 7.22. The van der Waals surface area contributed by atoms with E-state index in [0.717, 1.165) is 6.42 Å². The highest BCUT2D eigenvalue weighted by molar-refractivity contribution is 5.09. The van der Waals surface area contributed by atoms with Gasteiger partial charge in [-0.3, -0.25) is 4.98 Å². The van der Waals surface area contributed by atoms with E-state index in [1.54, 1.807) is 19.9 Å². The molecule has 1 aromatic heterocycles. The van der Waals surface area contributed by atoms with Crippen molar-refractivity contribution >= 4 is 0 Å². The van der Waals surface area contributed by atoms with Gasteiger partial charge in [0, 0.05) is 25.9 Å². The van der Waals surface area contributed by atoms with Crippen molar-refractivity contribution in [3.63, 3.8) is 0 Å². The summed E-state index contributed by atoms with van der Waals surface area (Å²) in [7, 11) is 1.65. The van der Waals surface area contributed by atoms with Gasteiger partial charge in [0.05, 0.1) is 6.61 Å². The van der Waals surface area contributed by atoms with Gasteiger partial charge in [0.25, 0.3) is 0 Å². The maximum Gasteiger partial charge on any atom is 0.0876 e. The van der Waals surface area contributed by atoms with Crippen molar-refractivity contribution in [2.45, 2.75) is 6.42 Å². The van der Waals surface area contributed by atoms with Crippen molar-refractivity contribution in [2.75, 3.05) is 7.11 Å². The van der Waals surface area contributed by atoms with Crippen LogP contribution in [0.25, 0.3) is 0 Å². The van der Waals surface area contributed by atoms with Gasteiger partial charge in [-0.2, -0.15) is 0 Å². The Labute approximate surface area is 60.9 Å². The van der Waals surface area contributed by atoms with Crippen LogP contribution in [0.3, 0.4) is 0 Å². The van der Waals surface area contributed by atoms with Gasteiger partial charge in [-0.05, 0) is 11.6 Å². The fraction of sp³-hybridized carbons (Fsp3) is 0.250. The second-order valence-electron chi connectivity index (χ2n) is 1.97. The van der Waals surface area contributed by atoms with Crippen LogP contribution < -0.4 is 0 Å². The molecule has 0 aliphatic carbocycles. The molecule has 53 valence electrons. The maximum absolute atomic E-state index is 4.79. The van der Waals surface area contributed by atoms with Gasteiger partial charge in [0.2, 0.25) is 0 Å². The molecule has 0 N–H and O–H groups in total. The predicted octanol–water partition coefficient (Wildman–Crippen LogP) is 1.43. The minimum atomic E-state index is 0.824. The topological polar surface area (TPSA) is 22.1 Å². The van der Waals surface area contributed by atoms with Gasteiger partial charge in [0.1, 0.15) is 0 Å². The van der Waals surface area contributed by atoms with Crippen LogP contribution in [0.2, 0.25) is 0 Å². The molecule has 0 saturated carbocycles. The first-order valence-corrected chi connectivity index (χ1v) is 3.17. The first-order chi connectivity index (χ1) is 4.93. The lowest BCUT2D eigenvalue weighted by Gasteiger charge is -1.96. The van der Waals surface area contributed by atoms with Crippen molar-refractivity contribution < 1.29 is 4.74 Å². The molecular weight excluding hydrogens is 126 g/mol. The van der Waals surface area contributed by atoms with Crippen LogP contribution in [0.5, 0.6) is 0 Å². The molecule has 1 rings (SSSR count). The fourth-order valence-corrected chi connectivity index (χ4v) is 0.698. The van der Waals surface area contributed by atoms with Crippen LogP contribution in [-0.4, -0.2) is 12.1 Å². The third kappa shape index (κ3) is 2.15. The summed E-state index contributed by atoms with van der Waals surface area (Å²) in [6.45, 7) is 1.75. The zero-order chi connectivity index (χ0) is 7.23. The van der Waals surface area contributed by atoms with Crippen molar-refractivity contribution in [3.8, 4) is 0 Å². The van der Waals surface area contributed by atoms with Crippen molar-refractivity contribution in [2.24, 2.45) is 0 Å². The number of ether oxygens (including phenoxy) is 1. The largest absolute Gasteiger partial charge is 0.378 e. The van der Waals surface area contributed by atoms with Gasteiger partial charge in [-0.1, -0.05) is 6.07 Å². The normalized spacial score (nSPS) is 9.70. The molecule has 0 saturated heterocycles. The zero-order valence-corrected chi connectivity index (χ0v) is 5.95. The second kappa shape index (κ2) is 4.01. The molecule has 1 heterocycles. The average molecular weight is 136 g/mol. The van der Waals surface area contributed by atoms with E-state index >= 15 is 0 Å². The molecule has 10 heavy (non-hydrogen) atoms. The van der Waals surface area contributed by atoms with Gasteiger partial charge in [-0.25, -0.2) is 0 Å². The Balaban J connectivity index is 2.43. The van der Waals surface area contributed by atoms with E-state index < -0.39 is 0 Å². The molecule has 1 radical (unpaired) electrons. The molecule has 2 nitrogen and oxygen atoms in total. The first-order valence-electron chi connectivity index (χ1n) is 3.17. The summed E-state index contributed by atoms with van der Waals surface area (Å²) in [6, 6.07) is 3.93. The highest BCUT2D eigenvalue weighted by Crippen LogP contribution is 1.98. The number of hydrogen-bond donors (Lipinski definition) is 0. The molecule has 0 fully saturated rings. The van der Waals surface area contributed by atoms with E-state index in [9.17, 15) is 0 Å². The molecule has 2 heteroatoms. The maximum atomic E-state index is 4.79. The number of nitrogens with zero attached hydrogens (tertiary/aromatic N) is 1. The van der Waals surface area contributed by atoms with E-state index in [0.29, 0.717) is 0 Å². The van der Waals surface area contributed by atoms with Crippen LogP contribution in [0.4, 0.5) is 0 Å². The summed E-state index contributed by atoms with van der Waals surface area (Å²) in [5.41, 5.74) is 1.17. The SMILES string of the molecule is CO[CH]Cc1cccnc1. The molecular formula is C8H10NO. The number of methoxy groups -OCH3 is 1. The Bertz CT molecular complexity index is 174. The van der Waals surface area contributed by atoms with Crippen molar-refractivity contribution in [1.82, 2.24) is 4.98 Å². The molecule has 0 aliphatic rings. The Morgan fingerprint density at radius 2 is 2.60 bits per heavy atom. The quantitative estimate of drug-likeness (QED) is 0.627. The fourth-order valence-electron chi connectivity index (χ4n) is 0.698. The molecule has 0 unspecified atom stereocenters. The highest BCUT2D eigenvalue weighted by Gasteiger charge is 1.89. The third-order valence-corrected chi connectivity index (χ3v) is 1.21. The van der Waals surface area contributed by atoms with E-state index in [-0.39, 0.29) is 0 Å². The second-order valence-corrected chi connectivity index (χ2v) is 1.97. The monoisotopic (exact) mass is 136 g/mol. The smallest absolute Gasteiger partial charge is 0.0876 e. The number of pyridine rings is 1. The standard InChI is InChI=1S/C8H10NO/c1-10-6-4-8-3-2-5-9-7-8/h2-3,5-7H,4H2,1H3. The Morgan fingerprint density at radius 1 is 1.70 bits per heavy atom. The van der Waals surface area contributed by atoms with E-state index in [2.05, 4.69) is 4.98 Å². The molecule has 1 aromatic rings. The molecule has 0 spiro atoms. The Hall–Kier alpha value is -0.890. The molecule has 0 aromatic carbocycles. The Kier molecular flexibility index (Phi) is 2.90. The van der Waals surface area contributed by atoms with E-state index in [1.807, 2.05) is 18.3 Å². The van der Waals surface area contributed by atoms with Crippen LogP contribution >= 0.6 is 0 Å². The lowest BCUT2D eigenvalue weighted by Crippen LogP contribution is -1.87. The van der Waals surface area contributed by atoms with E-state index in [1.165, 1.54) is 5.56 Å². The van der Waals surface area contributed by atoms with E-state index in [4.69, 9.17) is 4.74 Å². The van der Waals surface area contributed by atoms with Crippen LogP contribution in [0, 0.1) is 6.61 Å². The average Bonchev–Trinajstić information content (AvgIpc) is 2.03. The number of hydrogen-bond acceptors (Lipinski definition) is 2. The van der Waals surface area contributed by atoms with Crippen LogP contribution in [0.1, 0.15) is 5.56 Å². The summed E-state index contributed by atoms with van der Waals surface area (Å²) in [6.07, 6.45) is 4.41. The number of aromatic nitrogens is 1. The third-order valence-electron chi connectivity index (χ3n) is 1.21. The van der Waals surface area contributed by atoms with Gasteiger partial charge in [-0.15, -0.1) is 0 Å². The molecule has 0 atom stereocenters. The minimum Gasteiger partial charge on any atom is -0.378 e. The predicted molar refractivity (Wildman–Crippen MR) is 39.3 cm³/mol. The lowest BCUT2D eigenvalue weighted by molar-refractivity contribution is 0.271. The minimum absolute atomic E-state index is 0.824. The summed E-state index contributed by atoms with van der Waals surface area (Å²) in [4.78, 5) is 3.96. The lowest BCUT2D eigenvalue weighted by atomic mass is 10.2. The van der Waals surface area contributed by atoms with Gasteiger partial charge < -0.3 is 4.74 Å². The summed E-state index contributed by atoms with van der Waals surface area (Å²) in [5, 5.41) is 0.